The molecule has 8 heteroatoms. The monoisotopic (exact) mass is 354 g/mol. The van der Waals surface area contributed by atoms with Crippen LogP contribution >= 0.6 is 11.3 Å². The number of fused-ring (bicyclic) bond motifs is 1. The van der Waals surface area contributed by atoms with Crippen molar-refractivity contribution in [3.05, 3.63) is 57.0 Å². The fourth-order valence-corrected chi connectivity index (χ4v) is 3.41. The third-order valence-corrected chi connectivity index (χ3v) is 4.76. The second-order valence-electron chi connectivity index (χ2n) is 5.34. The summed E-state index contributed by atoms with van der Waals surface area (Å²) in [6.45, 7) is 3.90. The minimum Gasteiger partial charge on any atom is -0.406 e. The predicted molar refractivity (Wildman–Crippen MR) is 85.6 cm³/mol. The highest BCUT2D eigenvalue weighted by atomic mass is 32.1. The summed E-state index contributed by atoms with van der Waals surface area (Å²) in [7, 11) is 0. The number of nitrogens with zero attached hydrogens (tertiary/aromatic N) is 2. The summed E-state index contributed by atoms with van der Waals surface area (Å²) in [6, 6.07) is 5.56. The summed E-state index contributed by atoms with van der Waals surface area (Å²) in [4.78, 5) is 18.6. The number of aryl methyl sites for hydroxylation is 2. The molecule has 2 heterocycles. The minimum atomic E-state index is -4.75. The van der Waals surface area contributed by atoms with Gasteiger partial charge in [0, 0.05) is 4.88 Å². The van der Waals surface area contributed by atoms with E-state index >= 15 is 0 Å². The van der Waals surface area contributed by atoms with Crippen LogP contribution in [0.5, 0.6) is 5.75 Å². The Kier molecular flexibility index (Phi) is 4.08. The Morgan fingerprint density at radius 1 is 1.29 bits per heavy atom. The van der Waals surface area contributed by atoms with Gasteiger partial charge in [0.25, 0.3) is 5.56 Å². The number of aromatic nitrogens is 2. The number of ether oxygens (including phenoxy) is 1. The molecule has 0 saturated carbocycles. The summed E-state index contributed by atoms with van der Waals surface area (Å²) < 4.78 is 42.2. The van der Waals surface area contributed by atoms with Gasteiger partial charge in [0.1, 0.15) is 10.6 Å². The van der Waals surface area contributed by atoms with E-state index in [1.54, 1.807) is 6.07 Å². The number of halogens is 3. The fraction of sp³-hybridized carbons (Fsp3) is 0.250. The van der Waals surface area contributed by atoms with E-state index in [-0.39, 0.29) is 17.9 Å². The Hall–Kier alpha value is -2.35. The molecule has 0 bridgehead atoms. The molecular formula is C16H13F3N2O2S. The normalized spacial score (nSPS) is 11.9. The van der Waals surface area contributed by atoms with E-state index in [9.17, 15) is 18.0 Å². The van der Waals surface area contributed by atoms with Crippen LogP contribution in [0.25, 0.3) is 10.2 Å². The predicted octanol–water partition coefficient (Wildman–Crippen LogP) is 4.02. The second kappa shape index (κ2) is 5.94. The van der Waals surface area contributed by atoms with Gasteiger partial charge in [0.05, 0.1) is 18.3 Å². The van der Waals surface area contributed by atoms with Gasteiger partial charge in [-0.25, -0.2) is 4.98 Å². The van der Waals surface area contributed by atoms with Crippen molar-refractivity contribution in [3.8, 4) is 5.75 Å². The molecule has 0 radical (unpaired) electrons. The van der Waals surface area contributed by atoms with Gasteiger partial charge in [-0.3, -0.25) is 9.36 Å². The van der Waals surface area contributed by atoms with E-state index in [0.717, 1.165) is 10.4 Å². The minimum absolute atomic E-state index is 0.116. The lowest BCUT2D eigenvalue weighted by Gasteiger charge is -2.11. The average molecular weight is 354 g/mol. The van der Waals surface area contributed by atoms with Gasteiger partial charge in [0.2, 0.25) is 0 Å². The lowest BCUT2D eigenvalue weighted by Crippen LogP contribution is -2.21. The van der Waals surface area contributed by atoms with Crippen molar-refractivity contribution in [1.29, 1.82) is 0 Å². The summed E-state index contributed by atoms with van der Waals surface area (Å²) in [5, 5.41) is 0.558. The largest absolute Gasteiger partial charge is 0.573 e. The fourth-order valence-electron chi connectivity index (χ4n) is 2.42. The van der Waals surface area contributed by atoms with E-state index in [0.29, 0.717) is 15.8 Å². The molecule has 1 aromatic carbocycles. The highest BCUT2D eigenvalue weighted by molar-refractivity contribution is 7.18. The standard InChI is InChI=1S/C16H13F3N2O2S/c1-9-10(2)24-14-13(9)15(22)21(8-20-14)7-11-4-3-5-12(6-11)23-16(17,18)19/h3-6,8H,7H2,1-2H3. The van der Waals surface area contributed by atoms with Crippen molar-refractivity contribution in [3.63, 3.8) is 0 Å². The van der Waals surface area contributed by atoms with Gasteiger partial charge in [-0.2, -0.15) is 0 Å². The Balaban J connectivity index is 1.96. The van der Waals surface area contributed by atoms with E-state index in [1.807, 2.05) is 13.8 Å². The summed E-state index contributed by atoms with van der Waals surface area (Å²) in [5.41, 5.74) is 1.20. The quantitative estimate of drug-likeness (QED) is 0.714. The van der Waals surface area contributed by atoms with Crippen molar-refractivity contribution in [2.24, 2.45) is 0 Å². The number of hydrogen-bond donors (Lipinski definition) is 0. The first kappa shape index (κ1) is 16.5. The lowest BCUT2D eigenvalue weighted by molar-refractivity contribution is -0.274. The summed E-state index contributed by atoms with van der Waals surface area (Å²) in [5.74, 6) is -0.315. The number of hydrogen-bond acceptors (Lipinski definition) is 4. The van der Waals surface area contributed by atoms with E-state index in [1.165, 1.54) is 40.4 Å². The van der Waals surface area contributed by atoms with Gasteiger partial charge in [-0.15, -0.1) is 24.5 Å². The van der Waals surface area contributed by atoms with Crippen molar-refractivity contribution < 1.29 is 17.9 Å². The average Bonchev–Trinajstić information content (AvgIpc) is 2.76. The van der Waals surface area contributed by atoms with E-state index in [4.69, 9.17) is 0 Å². The van der Waals surface area contributed by atoms with Crippen LogP contribution in [0.15, 0.2) is 35.4 Å². The number of benzene rings is 1. The molecule has 0 aliphatic carbocycles. The van der Waals surface area contributed by atoms with E-state index in [2.05, 4.69) is 9.72 Å². The van der Waals surface area contributed by atoms with Gasteiger partial charge in [-0.1, -0.05) is 12.1 Å². The molecule has 0 aliphatic heterocycles. The Morgan fingerprint density at radius 2 is 2.04 bits per heavy atom. The van der Waals surface area contributed by atoms with Gasteiger partial charge < -0.3 is 4.74 Å². The molecule has 0 spiro atoms. The van der Waals surface area contributed by atoms with Crippen LogP contribution in [0.2, 0.25) is 0 Å². The van der Waals surface area contributed by atoms with Crippen LogP contribution in [0.4, 0.5) is 13.2 Å². The first-order chi connectivity index (χ1) is 11.2. The number of rotatable bonds is 3. The van der Waals surface area contributed by atoms with Crippen LogP contribution in [0.1, 0.15) is 16.0 Å². The van der Waals surface area contributed by atoms with Gasteiger partial charge >= 0.3 is 6.36 Å². The van der Waals surface area contributed by atoms with Gasteiger partial charge in [-0.05, 0) is 37.1 Å². The van der Waals surface area contributed by atoms with Crippen LogP contribution in [0, 0.1) is 13.8 Å². The molecule has 4 nitrogen and oxygen atoms in total. The maximum atomic E-state index is 12.6. The summed E-state index contributed by atoms with van der Waals surface area (Å²) in [6.07, 6.45) is -3.33. The molecule has 24 heavy (non-hydrogen) atoms. The molecule has 3 rings (SSSR count). The molecule has 2 aromatic heterocycles. The molecule has 0 saturated heterocycles. The molecule has 0 amide bonds. The van der Waals surface area contributed by atoms with Crippen LogP contribution in [-0.4, -0.2) is 15.9 Å². The second-order valence-corrected chi connectivity index (χ2v) is 6.54. The SMILES string of the molecule is Cc1sc2ncn(Cc3cccc(OC(F)(F)F)c3)c(=O)c2c1C. The number of thiophene rings is 1. The molecule has 0 aliphatic rings. The molecule has 0 N–H and O–H groups in total. The van der Waals surface area contributed by atoms with Crippen LogP contribution in [0.3, 0.4) is 0 Å². The lowest BCUT2D eigenvalue weighted by atomic mass is 10.2. The highest BCUT2D eigenvalue weighted by Crippen LogP contribution is 2.26. The van der Waals surface area contributed by atoms with Crippen LogP contribution < -0.4 is 10.3 Å². The Morgan fingerprint density at radius 3 is 2.75 bits per heavy atom. The first-order valence-corrected chi connectivity index (χ1v) is 7.86. The van der Waals surface area contributed by atoms with Crippen molar-refractivity contribution in [2.45, 2.75) is 26.8 Å². The third-order valence-electron chi connectivity index (χ3n) is 3.64. The van der Waals surface area contributed by atoms with Crippen molar-refractivity contribution in [2.75, 3.05) is 0 Å². The molecule has 126 valence electrons. The van der Waals surface area contributed by atoms with Gasteiger partial charge in [0.15, 0.2) is 0 Å². The van der Waals surface area contributed by atoms with Crippen molar-refractivity contribution >= 4 is 21.6 Å². The topological polar surface area (TPSA) is 44.1 Å². The smallest absolute Gasteiger partial charge is 0.406 e. The zero-order valence-electron chi connectivity index (χ0n) is 12.8. The highest BCUT2D eigenvalue weighted by Gasteiger charge is 2.31. The molecule has 3 aromatic rings. The Labute approximate surface area is 139 Å². The number of alkyl halides is 3. The van der Waals surface area contributed by atoms with E-state index < -0.39 is 6.36 Å². The first-order valence-electron chi connectivity index (χ1n) is 7.04. The van der Waals surface area contributed by atoms with Crippen molar-refractivity contribution in [1.82, 2.24) is 9.55 Å². The molecule has 0 unspecified atom stereocenters. The zero-order chi connectivity index (χ0) is 17.5. The Bertz CT molecular complexity index is 960. The zero-order valence-corrected chi connectivity index (χ0v) is 13.7. The molecule has 0 fully saturated rings. The molecule has 0 atom stereocenters. The van der Waals surface area contributed by atoms with Crippen LogP contribution in [-0.2, 0) is 6.54 Å². The molecular weight excluding hydrogens is 341 g/mol. The third kappa shape index (κ3) is 3.28. The summed E-state index contributed by atoms with van der Waals surface area (Å²) >= 11 is 1.45. The maximum absolute atomic E-state index is 12.6. The maximum Gasteiger partial charge on any atom is 0.573 e.